The Hall–Kier alpha value is -2.40. The SMILES string of the molecule is Cc1cc2nc(Nc3nc4ccccc4s3)oc2cc1C. The van der Waals surface area contributed by atoms with Crippen LogP contribution in [0.3, 0.4) is 0 Å². The molecule has 0 amide bonds. The summed E-state index contributed by atoms with van der Waals surface area (Å²) in [6.07, 6.45) is 0. The number of nitrogens with one attached hydrogen (secondary N) is 1. The quantitative estimate of drug-likeness (QED) is 0.577. The molecule has 0 fully saturated rings. The standard InChI is InChI=1S/C16H13N3OS/c1-9-7-12-13(8-10(9)2)20-15(17-12)19-16-18-11-5-3-4-6-14(11)21-16/h3-8H,1-2H3,(H,17,18,19). The highest BCUT2D eigenvalue weighted by molar-refractivity contribution is 7.22. The van der Waals surface area contributed by atoms with Crippen molar-refractivity contribution in [1.29, 1.82) is 0 Å². The third-order valence-electron chi connectivity index (χ3n) is 3.51. The molecular weight excluding hydrogens is 282 g/mol. The van der Waals surface area contributed by atoms with E-state index in [1.807, 2.05) is 30.3 Å². The maximum absolute atomic E-state index is 5.75. The van der Waals surface area contributed by atoms with Crippen LogP contribution < -0.4 is 5.32 Å². The molecule has 1 N–H and O–H groups in total. The van der Waals surface area contributed by atoms with Gasteiger partial charge in [-0.15, -0.1) is 0 Å². The van der Waals surface area contributed by atoms with Gasteiger partial charge >= 0.3 is 6.01 Å². The number of fused-ring (bicyclic) bond motifs is 2. The molecule has 0 radical (unpaired) electrons. The number of aromatic nitrogens is 2. The lowest BCUT2D eigenvalue weighted by Crippen LogP contribution is -1.88. The number of hydrogen-bond acceptors (Lipinski definition) is 5. The van der Waals surface area contributed by atoms with Gasteiger partial charge in [-0.25, -0.2) is 4.98 Å². The average Bonchev–Trinajstić information content (AvgIpc) is 3.02. The normalized spacial score (nSPS) is 11.3. The van der Waals surface area contributed by atoms with Gasteiger partial charge in [-0.3, -0.25) is 5.32 Å². The zero-order valence-corrected chi connectivity index (χ0v) is 12.5. The Kier molecular flexibility index (Phi) is 2.68. The summed E-state index contributed by atoms with van der Waals surface area (Å²) in [5.74, 6) is 0. The summed E-state index contributed by atoms with van der Waals surface area (Å²) in [5.41, 5.74) is 5.05. The van der Waals surface area contributed by atoms with E-state index in [4.69, 9.17) is 4.42 Å². The van der Waals surface area contributed by atoms with Crippen molar-refractivity contribution in [2.45, 2.75) is 13.8 Å². The first kappa shape index (κ1) is 12.3. The highest BCUT2D eigenvalue weighted by Crippen LogP contribution is 2.29. The Morgan fingerprint density at radius 1 is 1.00 bits per heavy atom. The minimum atomic E-state index is 0.481. The largest absolute Gasteiger partial charge is 0.423 e. The Bertz CT molecular complexity index is 883. The van der Waals surface area contributed by atoms with E-state index in [0.29, 0.717) is 6.01 Å². The summed E-state index contributed by atoms with van der Waals surface area (Å²) < 4.78 is 6.89. The van der Waals surface area contributed by atoms with Gasteiger partial charge in [0.1, 0.15) is 5.52 Å². The lowest BCUT2D eigenvalue weighted by molar-refractivity contribution is 0.622. The summed E-state index contributed by atoms with van der Waals surface area (Å²) >= 11 is 1.59. The molecule has 21 heavy (non-hydrogen) atoms. The van der Waals surface area contributed by atoms with Crippen molar-refractivity contribution in [3.05, 3.63) is 47.5 Å². The summed E-state index contributed by atoms with van der Waals surface area (Å²) in [5, 5.41) is 3.94. The highest BCUT2D eigenvalue weighted by Gasteiger charge is 2.10. The molecule has 0 atom stereocenters. The Balaban J connectivity index is 1.73. The van der Waals surface area contributed by atoms with E-state index in [1.165, 1.54) is 11.1 Å². The van der Waals surface area contributed by atoms with Gasteiger partial charge in [0.25, 0.3) is 0 Å². The molecule has 2 aromatic heterocycles. The number of thiazole rings is 1. The molecule has 2 heterocycles. The van der Waals surface area contributed by atoms with Crippen LogP contribution in [-0.2, 0) is 0 Å². The fourth-order valence-corrected chi connectivity index (χ4v) is 3.11. The van der Waals surface area contributed by atoms with E-state index in [-0.39, 0.29) is 0 Å². The van der Waals surface area contributed by atoms with Crippen molar-refractivity contribution in [3.8, 4) is 0 Å². The number of hydrogen-bond donors (Lipinski definition) is 1. The maximum Gasteiger partial charge on any atom is 0.302 e. The average molecular weight is 295 g/mol. The molecule has 0 aliphatic heterocycles. The van der Waals surface area contributed by atoms with E-state index in [1.54, 1.807) is 11.3 Å². The highest BCUT2D eigenvalue weighted by atomic mass is 32.1. The number of oxazole rings is 1. The van der Waals surface area contributed by atoms with Gasteiger partial charge in [0.2, 0.25) is 0 Å². The van der Waals surface area contributed by atoms with E-state index < -0.39 is 0 Å². The minimum absolute atomic E-state index is 0.481. The Morgan fingerprint density at radius 2 is 1.81 bits per heavy atom. The molecule has 0 aliphatic rings. The summed E-state index contributed by atoms with van der Waals surface area (Å²) in [6, 6.07) is 12.6. The van der Waals surface area contributed by atoms with Crippen molar-refractivity contribution in [3.63, 3.8) is 0 Å². The van der Waals surface area contributed by atoms with Gasteiger partial charge < -0.3 is 4.42 Å². The second-order valence-electron chi connectivity index (χ2n) is 5.03. The van der Waals surface area contributed by atoms with Crippen molar-refractivity contribution in [1.82, 2.24) is 9.97 Å². The first-order chi connectivity index (χ1) is 10.2. The third-order valence-corrected chi connectivity index (χ3v) is 4.46. The van der Waals surface area contributed by atoms with Crippen LogP contribution in [0.15, 0.2) is 40.8 Å². The summed E-state index contributed by atoms with van der Waals surface area (Å²) in [7, 11) is 0. The number of nitrogens with zero attached hydrogens (tertiary/aromatic N) is 2. The maximum atomic E-state index is 5.75. The van der Waals surface area contributed by atoms with Crippen LogP contribution in [0.25, 0.3) is 21.3 Å². The van der Waals surface area contributed by atoms with E-state index in [0.717, 1.165) is 26.4 Å². The predicted molar refractivity (Wildman–Crippen MR) is 86.4 cm³/mol. The van der Waals surface area contributed by atoms with Gasteiger partial charge in [-0.2, -0.15) is 4.98 Å². The molecule has 0 unspecified atom stereocenters. The van der Waals surface area contributed by atoms with Gasteiger partial charge in [-0.1, -0.05) is 23.5 Å². The summed E-state index contributed by atoms with van der Waals surface area (Å²) in [4.78, 5) is 8.99. The van der Waals surface area contributed by atoms with Crippen LogP contribution in [0.1, 0.15) is 11.1 Å². The molecule has 0 aliphatic carbocycles. The van der Waals surface area contributed by atoms with E-state index in [2.05, 4.69) is 35.2 Å². The Morgan fingerprint density at radius 3 is 2.67 bits per heavy atom. The molecule has 4 aromatic rings. The first-order valence-corrected chi connectivity index (χ1v) is 7.51. The molecule has 4 rings (SSSR count). The number of rotatable bonds is 2. The lowest BCUT2D eigenvalue weighted by atomic mass is 10.1. The fourth-order valence-electron chi connectivity index (χ4n) is 2.25. The van der Waals surface area contributed by atoms with Gasteiger partial charge in [0.05, 0.1) is 10.2 Å². The summed E-state index contributed by atoms with van der Waals surface area (Å²) in [6.45, 7) is 4.14. The second kappa shape index (κ2) is 4.56. The number of para-hydroxylation sites is 1. The van der Waals surface area contributed by atoms with Gasteiger partial charge in [0, 0.05) is 0 Å². The fraction of sp³-hybridized carbons (Fsp3) is 0.125. The topological polar surface area (TPSA) is 51.0 Å². The zero-order chi connectivity index (χ0) is 14.4. The van der Waals surface area contributed by atoms with Crippen LogP contribution >= 0.6 is 11.3 Å². The number of aryl methyl sites for hydroxylation is 2. The molecule has 0 bridgehead atoms. The van der Waals surface area contributed by atoms with Crippen molar-refractivity contribution < 1.29 is 4.42 Å². The van der Waals surface area contributed by atoms with Crippen molar-refractivity contribution in [2.75, 3.05) is 5.32 Å². The van der Waals surface area contributed by atoms with Gasteiger partial charge in [-0.05, 0) is 49.2 Å². The van der Waals surface area contributed by atoms with E-state index >= 15 is 0 Å². The van der Waals surface area contributed by atoms with Crippen LogP contribution in [0.5, 0.6) is 0 Å². The van der Waals surface area contributed by atoms with Crippen LogP contribution in [0, 0.1) is 13.8 Å². The van der Waals surface area contributed by atoms with Crippen molar-refractivity contribution in [2.24, 2.45) is 0 Å². The predicted octanol–water partition coefficient (Wildman–Crippen LogP) is 4.80. The zero-order valence-electron chi connectivity index (χ0n) is 11.7. The molecule has 0 saturated carbocycles. The van der Waals surface area contributed by atoms with E-state index in [9.17, 15) is 0 Å². The number of anilines is 2. The second-order valence-corrected chi connectivity index (χ2v) is 6.07. The van der Waals surface area contributed by atoms with Crippen molar-refractivity contribution >= 4 is 43.8 Å². The molecule has 2 aromatic carbocycles. The Labute approximate surface area is 125 Å². The molecule has 104 valence electrons. The first-order valence-electron chi connectivity index (χ1n) is 6.69. The monoisotopic (exact) mass is 295 g/mol. The molecule has 0 spiro atoms. The molecule has 5 heteroatoms. The van der Waals surface area contributed by atoms with Crippen LogP contribution in [0.4, 0.5) is 11.1 Å². The van der Waals surface area contributed by atoms with Gasteiger partial charge in [0.15, 0.2) is 10.7 Å². The van der Waals surface area contributed by atoms with Crippen LogP contribution in [0.2, 0.25) is 0 Å². The third kappa shape index (κ3) is 2.15. The smallest absolute Gasteiger partial charge is 0.302 e. The lowest BCUT2D eigenvalue weighted by Gasteiger charge is -1.96. The molecule has 4 nitrogen and oxygen atoms in total. The molecular formula is C16H13N3OS. The minimum Gasteiger partial charge on any atom is -0.423 e. The van der Waals surface area contributed by atoms with Crippen LogP contribution in [-0.4, -0.2) is 9.97 Å². The molecule has 0 saturated heterocycles. The number of benzene rings is 2.